The van der Waals surface area contributed by atoms with Crippen molar-refractivity contribution in [2.24, 2.45) is 0 Å². The smallest absolute Gasteiger partial charge is 0.205 e. The van der Waals surface area contributed by atoms with Crippen LogP contribution in [0.25, 0.3) is 0 Å². The summed E-state index contributed by atoms with van der Waals surface area (Å²) in [5.41, 5.74) is 0. The second-order valence-corrected chi connectivity index (χ2v) is 5.87. The number of aromatic nitrogens is 2. The lowest BCUT2D eigenvalue weighted by Crippen LogP contribution is -2.11. The lowest BCUT2D eigenvalue weighted by Gasteiger charge is -2.10. The second kappa shape index (κ2) is 7.69. The molecular weight excluding hydrogens is 246 g/mol. The molecule has 0 radical (unpaired) electrons. The first-order valence-electron chi connectivity index (χ1n) is 7.06. The minimum Gasteiger partial charge on any atom is -0.378 e. The van der Waals surface area contributed by atoms with Gasteiger partial charge in [-0.1, -0.05) is 31.1 Å². The zero-order valence-electron chi connectivity index (χ0n) is 11.2. The van der Waals surface area contributed by atoms with Crippen LogP contribution in [0.5, 0.6) is 0 Å². The molecule has 1 saturated carbocycles. The largest absolute Gasteiger partial charge is 0.378 e. The van der Waals surface area contributed by atoms with E-state index < -0.39 is 0 Å². The summed E-state index contributed by atoms with van der Waals surface area (Å²) in [4.78, 5) is 0. The molecule has 1 N–H and O–H groups in total. The Bertz CT molecular complexity index is 337. The van der Waals surface area contributed by atoms with Crippen molar-refractivity contribution in [3.05, 3.63) is 5.01 Å². The standard InChI is InChI=1S/C13H23N3OS/c1-2-6-12-15-16-13(18-12)14-9-5-10-17-11-7-3-4-8-11/h11H,2-10H2,1H3,(H,14,16). The van der Waals surface area contributed by atoms with Crippen molar-refractivity contribution in [3.63, 3.8) is 0 Å². The second-order valence-electron chi connectivity index (χ2n) is 4.81. The summed E-state index contributed by atoms with van der Waals surface area (Å²) in [5, 5.41) is 13.7. The number of ether oxygens (including phenoxy) is 1. The SMILES string of the molecule is CCCc1nnc(NCCCOC2CCCC2)s1. The Kier molecular flexibility index (Phi) is 5.87. The van der Waals surface area contributed by atoms with Crippen LogP contribution in [0.1, 0.15) is 50.5 Å². The lowest BCUT2D eigenvalue weighted by atomic mass is 10.3. The van der Waals surface area contributed by atoms with Gasteiger partial charge in [-0.3, -0.25) is 0 Å². The van der Waals surface area contributed by atoms with Gasteiger partial charge in [0.2, 0.25) is 5.13 Å². The Morgan fingerprint density at radius 3 is 2.94 bits per heavy atom. The summed E-state index contributed by atoms with van der Waals surface area (Å²) in [7, 11) is 0. The van der Waals surface area contributed by atoms with Gasteiger partial charge in [-0.25, -0.2) is 0 Å². The van der Waals surface area contributed by atoms with Gasteiger partial charge >= 0.3 is 0 Å². The molecule has 1 aromatic rings. The Labute approximate surface area is 113 Å². The highest BCUT2D eigenvalue weighted by Gasteiger charge is 2.14. The summed E-state index contributed by atoms with van der Waals surface area (Å²) >= 11 is 1.67. The highest BCUT2D eigenvalue weighted by atomic mass is 32.1. The van der Waals surface area contributed by atoms with Gasteiger partial charge in [-0.15, -0.1) is 10.2 Å². The van der Waals surface area contributed by atoms with Crippen LogP contribution in [0.2, 0.25) is 0 Å². The van der Waals surface area contributed by atoms with Crippen LogP contribution in [0, 0.1) is 0 Å². The van der Waals surface area contributed by atoms with Gasteiger partial charge in [-0.05, 0) is 25.7 Å². The van der Waals surface area contributed by atoms with Crippen LogP contribution in [0.15, 0.2) is 0 Å². The molecule has 102 valence electrons. The molecule has 1 aliphatic rings. The van der Waals surface area contributed by atoms with Gasteiger partial charge in [0, 0.05) is 19.6 Å². The molecule has 0 aromatic carbocycles. The van der Waals surface area contributed by atoms with Crippen LogP contribution in [-0.2, 0) is 11.2 Å². The maximum absolute atomic E-state index is 5.81. The van der Waals surface area contributed by atoms with E-state index in [2.05, 4.69) is 22.4 Å². The van der Waals surface area contributed by atoms with E-state index in [0.717, 1.165) is 42.6 Å². The molecule has 5 heteroatoms. The molecule has 18 heavy (non-hydrogen) atoms. The predicted molar refractivity (Wildman–Crippen MR) is 75.2 cm³/mol. The molecule has 2 rings (SSSR count). The zero-order chi connectivity index (χ0) is 12.6. The summed E-state index contributed by atoms with van der Waals surface area (Å²) in [5.74, 6) is 0. The van der Waals surface area contributed by atoms with Gasteiger partial charge < -0.3 is 10.1 Å². The number of aryl methyl sites for hydroxylation is 1. The van der Waals surface area contributed by atoms with Crippen molar-refractivity contribution in [2.75, 3.05) is 18.5 Å². The Balaban J connectivity index is 1.54. The molecule has 1 fully saturated rings. The molecule has 0 bridgehead atoms. The fourth-order valence-corrected chi connectivity index (χ4v) is 3.08. The molecule has 0 atom stereocenters. The molecule has 4 nitrogen and oxygen atoms in total. The lowest BCUT2D eigenvalue weighted by molar-refractivity contribution is 0.0583. The van der Waals surface area contributed by atoms with E-state index in [1.807, 2.05) is 0 Å². The van der Waals surface area contributed by atoms with Gasteiger partial charge in [-0.2, -0.15) is 0 Å². The highest BCUT2D eigenvalue weighted by molar-refractivity contribution is 7.15. The van der Waals surface area contributed by atoms with Crippen LogP contribution in [0.3, 0.4) is 0 Å². The van der Waals surface area contributed by atoms with E-state index in [1.165, 1.54) is 25.7 Å². The first kappa shape index (κ1) is 13.7. The summed E-state index contributed by atoms with van der Waals surface area (Å²) in [6.07, 6.45) is 8.92. The number of rotatable bonds is 8. The van der Waals surface area contributed by atoms with Gasteiger partial charge in [0.25, 0.3) is 0 Å². The average molecular weight is 269 g/mol. The fraction of sp³-hybridized carbons (Fsp3) is 0.846. The van der Waals surface area contributed by atoms with Crippen molar-refractivity contribution >= 4 is 16.5 Å². The maximum atomic E-state index is 5.81. The normalized spacial score (nSPS) is 16.3. The number of anilines is 1. The number of nitrogens with one attached hydrogen (secondary N) is 1. The minimum atomic E-state index is 0.530. The van der Waals surface area contributed by atoms with E-state index >= 15 is 0 Å². The van der Waals surface area contributed by atoms with Gasteiger partial charge in [0.1, 0.15) is 5.01 Å². The molecule has 1 aliphatic carbocycles. The third-order valence-electron chi connectivity index (χ3n) is 3.18. The molecule has 0 saturated heterocycles. The van der Waals surface area contributed by atoms with E-state index in [4.69, 9.17) is 4.74 Å². The highest BCUT2D eigenvalue weighted by Crippen LogP contribution is 2.21. The molecule has 1 heterocycles. The molecular formula is C13H23N3OS. The van der Waals surface area contributed by atoms with E-state index in [-0.39, 0.29) is 0 Å². The monoisotopic (exact) mass is 269 g/mol. The van der Waals surface area contributed by atoms with Crippen LogP contribution >= 0.6 is 11.3 Å². The summed E-state index contributed by atoms with van der Waals surface area (Å²) in [6, 6.07) is 0. The number of hydrogen-bond donors (Lipinski definition) is 1. The third kappa shape index (κ3) is 4.53. The molecule has 0 unspecified atom stereocenters. The van der Waals surface area contributed by atoms with Crippen molar-refractivity contribution < 1.29 is 4.74 Å². The van der Waals surface area contributed by atoms with E-state index in [1.54, 1.807) is 11.3 Å². The van der Waals surface area contributed by atoms with Crippen molar-refractivity contribution in [1.29, 1.82) is 0 Å². The first-order chi connectivity index (χ1) is 8.88. The van der Waals surface area contributed by atoms with Crippen molar-refractivity contribution in [3.8, 4) is 0 Å². The van der Waals surface area contributed by atoms with Gasteiger partial charge in [0.05, 0.1) is 6.10 Å². The van der Waals surface area contributed by atoms with Crippen molar-refractivity contribution in [2.45, 2.75) is 58.0 Å². The molecule has 1 aromatic heterocycles. The topological polar surface area (TPSA) is 47.0 Å². The van der Waals surface area contributed by atoms with Crippen LogP contribution in [-0.4, -0.2) is 29.5 Å². The first-order valence-corrected chi connectivity index (χ1v) is 7.88. The third-order valence-corrected chi connectivity index (χ3v) is 4.12. The minimum absolute atomic E-state index is 0.530. The Morgan fingerprint density at radius 1 is 1.33 bits per heavy atom. The van der Waals surface area contributed by atoms with Gasteiger partial charge in [0.15, 0.2) is 0 Å². The summed E-state index contributed by atoms with van der Waals surface area (Å²) < 4.78 is 5.81. The van der Waals surface area contributed by atoms with Crippen LogP contribution < -0.4 is 5.32 Å². The van der Waals surface area contributed by atoms with E-state index in [0.29, 0.717) is 6.10 Å². The number of nitrogens with zero attached hydrogens (tertiary/aromatic N) is 2. The number of hydrogen-bond acceptors (Lipinski definition) is 5. The fourth-order valence-electron chi connectivity index (χ4n) is 2.21. The Hall–Kier alpha value is -0.680. The quantitative estimate of drug-likeness (QED) is 0.736. The molecule has 0 spiro atoms. The summed E-state index contributed by atoms with van der Waals surface area (Å²) in [6.45, 7) is 3.95. The van der Waals surface area contributed by atoms with Crippen molar-refractivity contribution in [1.82, 2.24) is 10.2 Å². The molecule has 0 amide bonds. The Morgan fingerprint density at radius 2 is 2.17 bits per heavy atom. The zero-order valence-corrected chi connectivity index (χ0v) is 12.0. The average Bonchev–Trinajstić information content (AvgIpc) is 3.01. The predicted octanol–water partition coefficient (Wildman–Crippen LogP) is 3.25. The molecule has 0 aliphatic heterocycles. The van der Waals surface area contributed by atoms with E-state index in [9.17, 15) is 0 Å². The maximum Gasteiger partial charge on any atom is 0.205 e. The van der Waals surface area contributed by atoms with Crippen LogP contribution in [0.4, 0.5) is 5.13 Å².